The van der Waals surface area contributed by atoms with E-state index in [-0.39, 0.29) is 6.10 Å². The molecule has 94 valence electrons. The maximum Gasteiger partial charge on any atom is 0.0693 e. The highest BCUT2D eigenvalue weighted by atomic mass is 16.3. The van der Waals surface area contributed by atoms with Gasteiger partial charge in [-0.2, -0.15) is 0 Å². The Hall–Kier alpha value is -0.860. The summed E-state index contributed by atoms with van der Waals surface area (Å²) in [5.74, 6) is 0. The molecule has 2 heteroatoms. The Morgan fingerprint density at radius 3 is 2.71 bits per heavy atom. The standard InChI is InChI=1S/C15H23NO/c1-12(16-14-8-5-9-15(14)17)10-11-13-6-3-2-4-7-13/h2-4,6-7,12,14-17H,5,8-11H2,1H3. The largest absolute Gasteiger partial charge is 0.392 e. The van der Waals surface area contributed by atoms with Crippen LogP contribution in [0, 0.1) is 0 Å². The van der Waals surface area contributed by atoms with Crippen LogP contribution in [0.25, 0.3) is 0 Å². The van der Waals surface area contributed by atoms with Crippen molar-refractivity contribution >= 4 is 0 Å². The maximum absolute atomic E-state index is 9.76. The van der Waals surface area contributed by atoms with Gasteiger partial charge in [0, 0.05) is 12.1 Å². The molecule has 0 amide bonds. The third-order valence-corrected chi connectivity index (χ3v) is 3.69. The van der Waals surface area contributed by atoms with E-state index < -0.39 is 0 Å². The van der Waals surface area contributed by atoms with Gasteiger partial charge in [0.1, 0.15) is 0 Å². The number of aryl methyl sites for hydroxylation is 1. The highest BCUT2D eigenvalue weighted by Gasteiger charge is 2.25. The highest BCUT2D eigenvalue weighted by molar-refractivity contribution is 5.14. The molecule has 2 rings (SSSR count). The van der Waals surface area contributed by atoms with Crippen LogP contribution in [0.5, 0.6) is 0 Å². The van der Waals surface area contributed by atoms with Gasteiger partial charge in [-0.1, -0.05) is 30.3 Å². The van der Waals surface area contributed by atoms with Gasteiger partial charge in [0.25, 0.3) is 0 Å². The average Bonchev–Trinajstić information content (AvgIpc) is 2.74. The molecule has 2 nitrogen and oxygen atoms in total. The molecule has 0 bridgehead atoms. The van der Waals surface area contributed by atoms with Gasteiger partial charge in [-0.15, -0.1) is 0 Å². The van der Waals surface area contributed by atoms with Gasteiger partial charge < -0.3 is 10.4 Å². The Kier molecular flexibility index (Phi) is 4.57. The van der Waals surface area contributed by atoms with Crippen molar-refractivity contribution in [2.75, 3.05) is 0 Å². The van der Waals surface area contributed by atoms with Crippen LogP contribution in [0.15, 0.2) is 30.3 Å². The van der Waals surface area contributed by atoms with E-state index in [0.717, 1.165) is 32.1 Å². The molecule has 0 saturated heterocycles. The van der Waals surface area contributed by atoms with E-state index in [1.54, 1.807) is 0 Å². The summed E-state index contributed by atoms with van der Waals surface area (Å²) in [7, 11) is 0. The van der Waals surface area contributed by atoms with Crippen molar-refractivity contribution in [1.29, 1.82) is 0 Å². The molecule has 1 aliphatic carbocycles. The molecule has 3 unspecified atom stereocenters. The van der Waals surface area contributed by atoms with Crippen LogP contribution in [-0.4, -0.2) is 23.3 Å². The van der Waals surface area contributed by atoms with Gasteiger partial charge in [0.2, 0.25) is 0 Å². The zero-order chi connectivity index (χ0) is 12.1. The maximum atomic E-state index is 9.76. The second kappa shape index (κ2) is 6.18. The molecule has 0 radical (unpaired) electrons. The van der Waals surface area contributed by atoms with E-state index in [1.807, 2.05) is 0 Å². The summed E-state index contributed by atoms with van der Waals surface area (Å²) in [6.45, 7) is 2.22. The predicted octanol–water partition coefficient (Wildman–Crippen LogP) is 2.51. The smallest absolute Gasteiger partial charge is 0.0693 e. The predicted molar refractivity (Wildman–Crippen MR) is 71.0 cm³/mol. The van der Waals surface area contributed by atoms with E-state index in [2.05, 4.69) is 42.6 Å². The summed E-state index contributed by atoms with van der Waals surface area (Å²) in [6, 6.07) is 11.4. The Labute approximate surface area is 104 Å². The summed E-state index contributed by atoms with van der Waals surface area (Å²) in [4.78, 5) is 0. The molecule has 1 aliphatic rings. The number of aliphatic hydroxyl groups is 1. The van der Waals surface area contributed by atoms with Gasteiger partial charge in [-0.05, 0) is 44.6 Å². The minimum absolute atomic E-state index is 0.130. The van der Waals surface area contributed by atoms with Gasteiger partial charge in [-0.3, -0.25) is 0 Å². The van der Waals surface area contributed by atoms with Gasteiger partial charge in [-0.25, -0.2) is 0 Å². The zero-order valence-corrected chi connectivity index (χ0v) is 10.6. The van der Waals surface area contributed by atoms with Crippen LogP contribution in [0.2, 0.25) is 0 Å². The molecule has 2 N–H and O–H groups in total. The van der Waals surface area contributed by atoms with Crippen LogP contribution < -0.4 is 5.32 Å². The summed E-state index contributed by atoms with van der Waals surface area (Å²) >= 11 is 0. The molecule has 0 spiro atoms. The fraction of sp³-hybridized carbons (Fsp3) is 0.600. The molecule has 0 aliphatic heterocycles. The molecular formula is C15H23NO. The number of rotatable bonds is 5. The average molecular weight is 233 g/mol. The number of nitrogens with one attached hydrogen (secondary N) is 1. The summed E-state index contributed by atoms with van der Waals surface area (Å²) < 4.78 is 0. The Morgan fingerprint density at radius 2 is 2.06 bits per heavy atom. The number of hydrogen-bond acceptors (Lipinski definition) is 2. The van der Waals surface area contributed by atoms with Crippen LogP contribution in [-0.2, 0) is 6.42 Å². The summed E-state index contributed by atoms with van der Waals surface area (Å²) in [6.07, 6.45) is 5.35. The lowest BCUT2D eigenvalue weighted by Crippen LogP contribution is -2.41. The number of aliphatic hydroxyl groups excluding tert-OH is 1. The lowest BCUT2D eigenvalue weighted by Gasteiger charge is -2.22. The molecule has 1 saturated carbocycles. The minimum atomic E-state index is -0.130. The van der Waals surface area contributed by atoms with E-state index in [4.69, 9.17) is 0 Å². The van der Waals surface area contributed by atoms with E-state index >= 15 is 0 Å². The Bertz CT molecular complexity index is 325. The normalized spacial score (nSPS) is 26.0. The van der Waals surface area contributed by atoms with Crippen molar-refractivity contribution in [2.24, 2.45) is 0 Å². The molecule has 0 heterocycles. The van der Waals surface area contributed by atoms with Gasteiger partial charge in [0.15, 0.2) is 0 Å². The van der Waals surface area contributed by atoms with Crippen LogP contribution in [0.1, 0.15) is 38.2 Å². The topological polar surface area (TPSA) is 32.3 Å². The molecule has 1 aromatic rings. The first-order valence-corrected chi connectivity index (χ1v) is 6.74. The number of hydrogen-bond donors (Lipinski definition) is 2. The second-order valence-electron chi connectivity index (χ2n) is 5.20. The fourth-order valence-corrected chi connectivity index (χ4v) is 2.61. The van der Waals surface area contributed by atoms with Crippen molar-refractivity contribution < 1.29 is 5.11 Å². The second-order valence-corrected chi connectivity index (χ2v) is 5.20. The SMILES string of the molecule is CC(CCc1ccccc1)NC1CCCC1O. The quantitative estimate of drug-likeness (QED) is 0.819. The molecule has 1 fully saturated rings. The lowest BCUT2D eigenvalue weighted by atomic mass is 10.1. The first-order valence-electron chi connectivity index (χ1n) is 6.74. The van der Waals surface area contributed by atoms with Crippen molar-refractivity contribution in [3.05, 3.63) is 35.9 Å². The third kappa shape index (κ3) is 3.83. The zero-order valence-electron chi connectivity index (χ0n) is 10.6. The van der Waals surface area contributed by atoms with E-state index in [1.165, 1.54) is 5.56 Å². The van der Waals surface area contributed by atoms with Crippen molar-refractivity contribution in [3.63, 3.8) is 0 Å². The Balaban J connectivity index is 1.72. The van der Waals surface area contributed by atoms with Crippen LogP contribution in [0.4, 0.5) is 0 Å². The van der Waals surface area contributed by atoms with Crippen molar-refractivity contribution in [3.8, 4) is 0 Å². The molecular weight excluding hydrogens is 210 g/mol. The minimum Gasteiger partial charge on any atom is -0.392 e. The van der Waals surface area contributed by atoms with E-state index in [0.29, 0.717) is 12.1 Å². The lowest BCUT2D eigenvalue weighted by molar-refractivity contribution is 0.143. The van der Waals surface area contributed by atoms with E-state index in [9.17, 15) is 5.11 Å². The third-order valence-electron chi connectivity index (χ3n) is 3.69. The molecule has 3 atom stereocenters. The molecule has 0 aromatic heterocycles. The highest BCUT2D eigenvalue weighted by Crippen LogP contribution is 2.19. The van der Waals surface area contributed by atoms with Gasteiger partial charge in [0.05, 0.1) is 6.10 Å². The summed E-state index contributed by atoms with van der Waals surface area (Å²) in [5.41, 5.74) is 1.40. The number of benzene rings is 1. The van der Waals surface area contributed by atoms with Crippen molar-refractivity contribution in [1.82, 2.24) is 5.32 Å². The molecule has 17 heavy (non-hydrogen) atoms. The molecule has 1 aromatic carbocycles. The van der Waals surface area contributed by atoms with Crippen LogP contribution in [0.3, 0.4) is 0 Å². The first kappa shape index (κ1) is 12.6. The van der Waals surface area contributed by atoms with Crippen LogP contribution >= 0.6 is 0 Å². The summed E-state index contributed by atoms with van der Waals surface area (Å²) in [5, 5.41) is 13.3. The van der Waals surface area contributed by atoms with Gasteiger partial charge >= 0.3 is 0 Å². The van der Waals surface area contributed by atoms with Crippen molar-refractivity contribution in [2.45, 2.75) is 57.2 Å². The Morgan fingerprint density at radius 1 is 1.29 bits per heavy atom. The monoisotopic (exact) mass is 233 g/mol. The first-order chi connectivity index (χ1) is 8.25. The fourth-order valence-electron chi connectivity index (χ4n) is 2.61.